The van der Waals surface area contributed by atoms with Crippen LogP contribution in [0.4, 0.5) is 0 Å². The number of carbonyl (C=O) groups is 1. The first-order chi connectivity index (χ1) is 6.69. The Balaban J connectivity index is 2.92. The van der Waals surface area contributed by atoms with Gasteiger partial charge in [0.05, 0.1) is 5.88 Å². The summed E-state index contributed by atoms with van der Waals surface area (Å²) in [5, 5.41) is 0. The number of halogens is 3. The van der Waals surface area contributed by atoms with Crippen LogP contribution in [0.5, 0.6) is 0 Å². The Bertz CT molecular complexity index is 339. The van der Waals surface area contributed by atoms with Gasteiger partial charge in [0, 0.05) is 16.8 Å². The number of Topliss-reactive ketones (excluding diaryl/α,β-unsaturated/α-hetero) is 1. The highest BCUT2D eigenvalue weighted by Crippen LogP contribution is 2.23. The van der Waals surface area contributed by atoms with Crippen molar-refractivity contribution in [3.05, 3.63) is 33.8 Å². The molecule has 1 aromatic rings. The van der Waals surface area contributed by atoms with Crippen molar-refractivity contribution in [2.75, 3.05) is 5.88 Å². The standard InChI is InChI=1S/C10H9BrCl2O/c11-10-7(4-9(14)6-13)2-1-3-8(10)5-12/h1-3H,4-6H2. The number of rotatable bonds is 4. The lowest BCUT2D eigenvalue weighted by atomic mass is 10.1. The molecule has 14 heavy (non-hydrogen) atoms. The van der Waals surface area contributed by atoms with Gasteiger partial charge in [-0.05, 0) is 11.1 Å². The van der Waals surface area contributed by atoms with E-state index in [0.29, 0.717) is 12.3 Å². The van der Waals surface area contributed by atoms with Crippen molar-refractivity contribution in [2.24, 2.45) is 0 Å². The molecule has 0 aromatic heterocycles. The van der Waals surface area contributed by atoms with Crippen LogP contribution in [0.2, 0.25) is 0 Å². The summed E-state index contributed by atoms with van der Waals surface area (Å²) in [7, 11) is 0. The van der Waals surface area contributed by atoms with Gasteiger partial charge in [0.15, 0.2) is 5.78 Å². The highest BCUT2D eigenvalue weighted by atomic mass is 79.9. The van der Waals surface area contributed by atoms with Crippen molar-refractivity contribution in [1.29, 1.82) is 0 Å². The molecule has 1 rings (SSSR count). The lowest BCUT2D eigenvalue weighted by molar-refractivity contribution is -0.116. The molecule has 0 amide bonds. The molecule has 0 atom stereocenters. The third-order valence-corrected chi connectivity index (χ3v) is 3.44. The van der Waals surface area contributed by atoms with Crippen molar-refractivity contribution in [1.82, 2.24) is 0 Å². The van der Waals surface area contributed by atoms with Gasteiger partial charge in [-0.25, -0.2) is 0 Å². The van der Waals surface area contributed by atoms with Crippen LogP contribution in [0.15, 0.2) is 22.7 Å². The number of alkyl halides is 2. The van der Waals surface area contributed by atoms with Gasteiger partial charge in [-0.1, -0.05) is 34.1 Å². The predicted octanol–water partition coefficient (Wildman–Crippen LogP) is 3.54. The van der Waals surface area contributed by atoms with Crippen LogP contribution >= 0.6 is 39.1 Å². The number of hydrogen-bond donors (Lipinski definition) is 0. The molecule has 0 heterocycles. The highest BCUT2D eigenvalue weighted by Gasteiger charge is 2.08. The molecule has 1 aromatic carbocycles. The lowest BCUT2D eigenvalue weighted by Gasteiger charge is -2.06. The summed E-state index contributed by atoms with van der Waals surface area (Å²) in [6, 6.07) is 5.70. The molecule has 0 unspecified atom stereocenters. The Kier molecular flexibility index (Phi) is 4.93. The van der Waals surface area contributed by atoms with Crippen LogP contribution in [0.3, 0.4) is 0 Å². The van der Waals surface area contributed by atoms with E-state index < -0.39 is 0 Å². The maximum Gasteiger partial charge on any atom is 0.151 e. The van der Waals surface area contributed by atoms with Crippen LogP contribution in [0.1, 0.15) is 11.1 Å². The van der Waals surface area contributed by atoms with Gasteiger partial charge in [0.25, 0.3) is 0 Å². The quantitative estimate of drug-likeness (QED) is 0.777. The fourth-order valence-corrected chi connectivity index (χ4v) is 2.16. The second-order valence-corrected chi connectivity index (χ2v) is 4.20. The Morgan fingerprint density at radius 1 is 1.29 bits per heavy atom. The van der Waals surface area contributed by atoms with E-state index in [1.807, 2.05) is 18.2 Å². The fraction of sp³-hybridized carbons (Fsp3) is 0.300. The van der Waals surface area contributed by atoms with Gasteiger partial charge in [-0.15, -0.1) is 23.2 Å². The molecule has 0 N–H and O–H groups in total. The summed E-state index contributed by atoms with van der Waals surface area (Å²) in [4.78, 5) is 11.1. The Morgan fingerprint density at radius 2 is 1.93 bits per heavy atom. The molecular weight excluding hydrogens is 287 g/mol. The fourth-order valence-electron chi connectivity index (χ4n) is 1.13. The number of ketones is 1. The second kappa shape index (κ2) is 5.74. The van der Waals surface area contributed by atoms with Gasteiger partial charge in [0.1, 0.15) is 0 Å². The van der Waals surface area contributed by atoms with Crippen molar-refractivity contribution in [2.45, 2.75) is 12.3 Å². The summed E-state index contributed by atoms with van der Waals surface area (Å²) < 4.78 is 0.911. The first-order valence-electron chi connectivity index (χ1n) is 4.09. The molecule has 0 radical (unpaired) electrons. The Labute approximate surface area is 102 Å². The Hall–Kier alpha value is -0.0500. The van der Waals surface area contributed by atoms with Gasteiger partial charge >= 0.3 is 0 Å². The van der Waals surface area contributed by atoms with Gasteiger partial charge in [-0.3, -0.25) is 4.79 Å². The average Bonchev–Trinajstić information content (AvgIpc) is 2.21. The average molecular weight is 296 g/mol. The number of benzene rings is 1. The van der Waals surface area contributed by atoms with E-state index in [1.165, 1.54) is 0 Å². The van der Waals surface area contributed by atoms with Crippen molar-refractivity contribution in [3.8, 4) is 0 Å². The SMILES string of the molecule is O=C(CCl)Cc1cccc(CCl)c1Br. The maximum atomic E-state index is 11.1. The monoisotopic (exact) mass is 294 g/mol. The normalized spacial score (nSPS) is 10.2. The molecule has 1 nitrogen and oxygen atoms in total. The first kappa shape index (κ1) is 12.0. The summed E-state index contributed by atoms with van der Waals surface area (Å²) in [6.07, 6.45) is 0.356. The van der Waals surface area contributed by atoms with Crippen molar-refractivity contribution < 1.29 is 4.79 Å². The van der Waals surface area contributed by atoms with E-state index in [2.05, 4.69) is 15.9 Å². The lowest BCUT2D eigenvalue weighted by Crippen LogP contribution is -2.04. The smallest absolute Gasteiger partial charge is 0.151 e. The minimum Gasteiger partial charge on any atom is -0.298 e. The van der Waals surface area contributed by atoms with Crippen molar-refractivity contribution in [3.63, 3.8) is 0 Å². The topological polar surface area (TPSA) is 17.1 Å². The largest absolute Gasteiger partial charge is 0.298 e. The second-order valence-electron chi connectivity index (χ2n) is 2.87. The summed E-state index contributed by atoms with van der Waals surface area (Å²) >= 11 is 14.6. The van der Waals surface area contributed by atoms with E-state index in [0.717, 1.165) is 15.6 Å². The molecule has 4 heteroatoms. The van der Waals surface area contributed by atoms with Crippen LogP contribution in [0.25, 0.3) is 0 Å². The van der Waals surface area contributed by atoms with E-state index in [-0.39, 0.29) is 11.7 Å². The van der Waals surface area contributed by atoms with Gasteiger partial charge < -0.3 is 0 Å². The number of hydrogen-bond acceptors (Lipinski definition) is 1. The predicted molar refractivity (Wildman–Crippen MR) is 63.1 cm³/mol. The summed E-state index contributed by atoms with van der Waals surface area (Å²) in [6.45, 7) is 0. The molecule has 76 valence electrons. The molecule has 0 spiro atoms. The van der Waals surface area contributed by atoms with Crippen LogP contribution in [-0.4, -0.2) is 11.7 Å². The van der Waals surface area contributed by atoms with Gasteiger partial charge in [-0.2, -0.15) is 0 Å². The zero-order chi connectivity index (χ0) is 10.6. The zero-order valence-electron chi connectivity index (χ0n) is 7.40. The molecule has 0 saturated carbocycles. The Morgan fingerprint density at radius 3 is 2.50 bits per heavy atom. The van der Waals surface area contributed by atoms with E-state index in [4.69, 9.17) is 23.2 Å². The van der Waals surface area contributed by atoms with Gasteiger partial charge in [0.2, 0.25) is 0 Å². The summed E-state index contributed by atoms with van der Waals surface area (Å²) in [5.74, 6) is 0.500. The first-order valence-corrected chi connectivity index (χ1v) is 5.95. The molecule has 0 aliphatic carbocycles. The molecule has 0 bridgehead atoms. The molecule has 0 aliphatic heterocycles. The number of carbonyl (C=O) groups excluding carboxylic acids is 1. The van der Waals surface area contributed by atoms with Crippen molar-refractivity contribution >= 4 is 44.9 Å². The van der Waals surface area contributed by atoms with E-state index in [1.54, 1.807) is 0 Å². The van der Waals surface area contributed by atoms with Crippen LogP contribution < -0.4 is 0 Å². The molecule has 0 fully saturated rings. The van der Waals surface area contributed by atoms with E-state index in [9.17, 15) is 4.79 Å². The molecule has 0 saturated heterocycles. The maximum absolute atomic E-state index is 11.1. The molecule has 0 aliphatic rings. The minimum absolute atomic E-state index is 0.0130. The minimum atomic E-state index is 0.0130. The van der Waals surface area contributed by atoms with E-state index >= 15 is 0 Å². The molecular formula is C10H9BrCl2O. The van der Waals surface area contributed by atoms with Crippen LogP contribution in [-0.2, 0) is 17.1 Å². The zero-order valence-corrected chi connectivity index (χ0v) is 10.5. The third-order valence-electron chi connectivity index (χ3n) is 1.84. The summed E-state index contributed by atoms with van der Waals surface area (Å²) in [5.41, 5.74) is 1.93. The third kappa shape index (κ3) is 2.97. The van der Waals surface area contributed by atoms with Crippen LogP contribution in [0, 0.1) is 0 Å². The highest BCUT2D eigenvalue weighted by molar-refractivity contribution is 9.10.